The summed E-state index contributed by atoms with van der Waals surface area (Å²) < 4.78 is 34.7. The van der Waals surface area contributed by atoms with Crippen LogP contribution in [0.3, 0.4) is 0 Å². The number of carboxylic acids is 1. The Morgan fingerprint density at radius 3 is 2.25 bits per heavy atom. The Hall–Kier alpha value is -1.00. The summed E-state index contributed by atoms with van der Waals surface area (Å²) in [6.07, 6.45) is -4.70. The van der Waals surface area contributed by atoms with Gasteiger partial charge >= 0.3 is 12.1 Å². The van der Waals surface area contributed by atoms with Crippen molar-refractivity contribution in [3.63, 3.8) is 0 Å². The number of halogens is 3. The predicted octanol–water partition coefficient (Wildman–Crippen LogP) is 2.36. The van der Waals surface area contributed by atoms with Gasteiger partial charge in [-0.2, -0.15) is 13.2 Å². The summed E-state index contributed by atoms with van der Waals surface area (Å²) in [4.78, 5) is 10.2. The first-order valence-electron chi connectivity index (χ1n) is 3.36. The van der Waals surface area contributed by atoms with E-state index in [0.717, 1.165) is 0 Å². The first-order valence-corrected chi connectivity index (χ1v) is 3.36. The molecule has 0 aliphatic heterocycles. The molecule has 0 atom stereocenters. The van der Waals surface area contributed by atoms with E-state index in [2.05, 4.69) is 0 Å². The highest BCUT2D eigenvalue weighted by Crippen LogP contribution is 2.21. The van der Waals surface area contributed by atoms with Crippen molar-refractivity contribution in [3.05, 3.63) is 11.6 Å². The molecule has 12 heavy (non-hydrogen) atoms. The summed E-state index contributed by atoms with van der Waals surface area (Å²) in [5.74, 6) is -1.29. The van der Waals surface area contributed by atoms with Crippen molar-refractivity contribution < 1.29 is 23.1 Å². The summed E-state index contributed by atoms with van der Waals surface area (Å²) in [5.41, 5.74) is -0.202. The average molecular weight is 182 g/mol. The minimum absolute atomic E-state index is 0.103. The lowest BCUT2D eigenvalue weighted by molar-refractivity contribution is -0.133. The average Bonchev–Trinajstić information content (AvgIpc) is 1.85. The molecular weight excluding hydrogens is 173 g/mol. The van der Waals surface area contributed by atoms with Crippen LogP contribution in [0.2, 0.25) is 0 Å². The van der Waals surface area contributed by atoms with Crippen LogP contribution in [0.5, 0.6) is 0 Å². The van der Waals surface area contributed by atoms with Crippen LogP contribution in [0.4, 0.5) is 13.2 Å². The van der Waals surface area contributed by atoms with Crippen molar-refractivity contribution in [3.8, 4) is 0 Å². The number of hydrogen-bond acceptors (Lipinski definition) is 1. The van der Waals surface area contributed by atoms with Crippen LogP contribution in [0.25, 0.3) is 0 Å². The lowest BCUT2D eigenvalue weighted by atomic mass is 10.2. The highest BCUT2D eigenvalue weighted by atomic mass is 19.4. The molecule has 0 aromatic heterocycles. The molecule has 0 aliphatic carbocycles. The maximum atomic E-state index is 11.6. The van der Waals surface area contributed by atoms with Gasteiger partial charge in [-0.15, -0.1) is 0 Å². The molecule has 0 bridgehead atoms. The van der Waals surface area contributed by atoms with Gasteiger partial charge in [0.1, 0.15) is 0 Å². The van der Waals surface area contributed by atoms with E-state index in [9.17, 15) is 18.0 Å². The van der Waals surface area contributed by atoms with Crippen LogP contribution in [0, 0.1) is 0 Å². The molecule has 0 saturated carbocycles. The summed E-state index contributed by atoms with van der Waals surface area (Å²) in [7, 11) is 0. The van der Waals surface area contributed by atoms with Crippen molar-refractivity contribution >= 4 is 5.97 Å². The van der Waals surface area contributed by atoms with Crippen LogP contribution in [-0.2, 0) is 4.79 Å². The van der Waals surface area contributed by atoms with Crippen LogP contribution < -0.4 is 0 Å². The zero-order valence-corrected chi connectivity index (χ0v) is 6.48. The van der Waals surface area contributed by atoms with Gasteiger partial charge in [0.05, 0.1) is 6.42 Å². The van der Waals surface area contributed by atoms with Gasteiger partial charge in [0.25, 0.3) is 0 Å². The Kier molecular flexibility index (Phi) is 3.79. The van der Waals surface area contributed by atoms with E-state index >= 15 is 0 Å². The second-order valence-electron chi connectivity index (χ2n) is 2.21. The molecule has 0 unspecified atom stereocenters. The minimum atomic E-state index is -4.32. The van der Waals surface area contributed by atoms with E-state index in [1.165, 1.54) is 6.92 Å². The number of allylic oxidation sites excluding steroid dienone is 1. The number of aliphatic carboxylic acids is 1. The number of carboxylic acid groups (broad SMARTS) is 1. The van der Waals surface area contributed by atoms with E-state index in [-0.39, 0.29) is 12.0 Å². The molecule has 0 aliphatic rings. The van der Waals surface area contributed by atoms with Gasteiger partial charge in [-0.05, 0) is 6.42 Å². The monoisotopic (exact) mass is 182 g/mol. The molecular formula is C7H9F3O2. The quantitative estimate of drug-likeness (QED) is 0.680. The van der Waals surface area contributed by atoms with Crippen molar-refractivity contribution in [2.45, 2.75) is 25.9 Å². The Morgan fingerprint density at radius 2 is 2.00 bits per heavy atom. The minimum Gasteiger partial charge on any atom is -0.478 e. The molecule has 70 valence electrons. The standard InChI is InChI=1S/C7H9F3O2/c1-2-5(6(11)12)3-4-7(8,9)10/h3H,2,4H2,1H3,(H,11,12). The van der Waals surface area contributed by atoms with E-state index in [0.29, 0.717) is 6.08 Å². The molecule has 0 rings (SSSR count). The number of alkyl halides is 3. The topological polar surface area (TPSA) is 37.3 Å². The smallest absolute Gasteiger partial charge is 0.392 e. The third kappa shape index (κ3) is 4.76. The maximum Gasteiger partial charge on any atom is 0.392 e. The second-order valence-corrected chi connectivity index (χ2v) is 2.21. The van der Waals surface area contributed by atoms with E-state index in [1.807, 2.05) is 0 Å². The van der Waals surface area contributed by atoms with Crippen LogP contribution >= 0.6 is 0 Å². The lowest BCUT2D eigenvalue weighted by Gasteiger charge is -2.02. The zero-order valence-electron chi connectivity index (χ0n) is 6.48. The van der Waals surface area contributed by atoms with Gasteiger partial charge < -0.3 is 5.11 Å². The normalized spacial score (nSPS) is 13.2. The van der Waals surface area contributed by atoms with Gasteiger partial charge in [-0.1, -0.05) is 13.0 Å². The maximum absolute atomic E-state index is 11.6. The van der Waals surface area contributed by atoms with E-state index < -0.39 is 18.6 Å². The van der Waals surface area contributed by atoms with Gasteiger partial charge in [-0.25, -0.2) is 4.79 Å². The Balaban J connectivity index is 4.23. The first kappa shape index (κ1) is 11.0. The van der Waals surface area contributed by atoms with Crippen molar-refractivity contribution in [2.24, 2.45) is 0 Å². The fourth-order valence-corrected chi connectivity index (χ4v) is 0.622. The fraction of sp³-hybridized carbons (Fsp3) is 0.571. The number of rotatable bonds is 3. The van der Waals surface area contributed by atoms with Crippen LogP contribution in [0.15, 0.2) is 11.6 Å². The SMILES string of the molecule is CCC(=CCC(F)(F)F)C(=O)O. The van der Waals surface area contributed by atoms with Crippen molar-refractivity contribution in [1.29, 1.82) is 0 Å². The molecule has 0 radical (unpaired) electrons. The lowest BCUT2D eigenvalue weighted by Crippen LogP contribution is -2.07. The summed E-state index contributed by atoms with van der Waals surface area (Å²) in [5, 5.41) is 8.33. The molecule has 0 spiro atoms. The predicted molar refractivity (Wildman–Crippen MR) is 36.7 cm³/mol. The Labute approximate surface area is 67.7 Å². The highest BCUT2D eigenvalue weighted by molar-refractivity contribution is 5.86. The summed E-state index contributed by atoms with van der Waals surface area (Å²) >= 11 is 0. The third-order valence-electron chi connectivity index (χ3n) is 1.24. The van der Waals surface area contributed by atoms with Crippen molar-refractivity contribution in [2.75, 3.05) is 0 Å². The number of hydrogen-bond donors (Lipinski definition) is 1. The molecule has 0 fully saturated rings. The molecule has 2 nitrogen and oxygen atoms in total. The molecule has 0 aromatic carbocycles. The molecule has 0 aromatic rings. The first-order chi connectivity index (χ1) is 5.37. The van der Waals surface area contributed by atoms with Gasteiger partial charge in [0.15, 0.2) is 0 Å². The molecule has 0 heterocycles. The van der Waals surface area contributed by atoms with Crippen molar-refractivity contribution in [1.82, 2.24) is 0 Å². The highest BCUT2D eigenvalue weighted by Gasteiger charge is 2.25. The largest absolute Gasteiger partial charge is 0.478 e. The van der Waals surface area contributed by atoms with E-state index in [4.69, 9.17) is 5.11 Å². The Morgan fingerprint density at radius 1 is 1.50 bits per heavy atom. The molecule has 0 amide bonds. The van der Waals surface area contributed by atoms with Crippen LogP contribution in [0.1, 0.15) is 19.8 Å². The van der Waals surface area contributed by atoms with Gasteiger partial charge in [0, 0.05) is 5.57 Å². The van der Waals surface area contributed by atoms with Gasteiger partial charge in [0.2, 0.25) is 0 Å². The summed E-state index contributed by atoms with van der Waals surface area (Å²) in [6, 6.07) is 0. The zero-order chi connectivity index (χ0) is 9.78. The number of carbonyl (C=O) groups is 1. The molecule has 0 saturated heterocycles. The van der Waals surface area contributed by atoms with E-state index in [1.54, 1.807) is 0 Å². The van der Waals surface area contributed by atoms with Crippen LogP contribution in [-0.4, -0.2) is 17.3 Å². The third-order valence-corrected chi connectivity index (χ3v) is 1.24. The molecule has 1 N–H and O–H groups in total. The fourth-order valence-electron chi connectivity index (χ4n) is 0.622. The second kappa shape index (κ2) is 4.13. The van der Waals surface area contributed by atoms with Gasteiger partial charge in [-0.3, -0.25) is 0 Å². The Bertz CT molecular complexity index is 193. The summed E-state index contributed by atoms with van der Waals surface area (Å²) in [6.45, 7) is 1.50. The molecule has 5 heteroatoms.